The van der Waals surface area contributed by atoms with Gasteiger partial charge >= 0.3 is 0 Å². The number of aryl methyl sites for hydroxylation is 2. The number of benzene rings is 2. The lowest BCUT2D eigenvalue weighted by atomic mass is 10.1. The minimum absolute atomic E-state index is 0.152. The van der Waals surface area contributed by atoms with E-state index in [9.17, 15) is 13.2 Å². The molecule has 0 spiro atoms. The first-order chi connectivity index (χ1) is 16.4. The highest BCUT2D eigenvalue weighted by Crippen LogP contribution is 2.27. The fraction of sp³-hybridized carbons (Fsp3) is 0.417. The number of imidazole rings is 1. The van der Waals surface area contributed by atoms with Gasteiger partial charge in [0.15, 0.2) is 0 Å². The highest BCUT2D eigenvalue weighted by molar-refractivity contribution is 7.92. The Labute approximate surface area is 200 Å². The second-order valence-electron chi connectivity index (χ2n) is 8.28. The van der Waals surface area contributed by atoms with Crippen LogP contribution in [0.15, 0.2) is 47.4 Å². The van der Waals surface area contributed by atoms with Gasteiger partial charge in [0.05, 0.1) is 40.4 Å². The van der Waals surface area contributed by atoms with Gasteiger partial charge in [0.2, 0.25) is 0 Å². The third kappa shape index (κ3) is 5.40. The molecule has 1 fully saturated rings. The molecule has 0 aliphatic carbocycles. The number of morpholine rings is 1. The van der Waals surface area contributed by atoms with Gasteiger partial charge in [0, 0.05) is 26.2 Å². The van der Waals surface area contributed by atoms with E-state index in [2.05, 4.69) is 19.9 Å². The summed E-state index contributed by atoms with van der Waals surface area (Å²) in [5.74, 6) is 0.518. The molecular formula is C24H31N5O4S. The van der Waals surface area contributed by atoms with E-state index in [0.29, 0.717) is 35.4 Å². The zero-order chi connectivity index (χ0) is 24.1. The van der Waals surface area contributed by atoms with Gasteiger partial charge in [-0.15, -0.1) is 0 Å². The first-order valence-electron chi connectivity index (χ1n) is 11.6. The van der Waals surface area contributed by atoms with E-state index in [1.807, 2.05) is 18.4 Å². The smallest absolute Gasteiger partial charge is 0.261 e. The van der Waals surface area contributed by atoms with Crippen molar-refractivity contribution in [2.45, 2.75) is 31.7 Å². The molecule has 0 atom stereocenters. The summed E-state index contributed by atoms with van der Waals surface area (Å²) in [5.41, 5.74) is 1.98. The molecule has 0 unspecified atom stereocenters. The lowest BCUT2D eigenvalue weighted by Gasteiger charge is -2.26. The Balaban J connectivity index is 1.57. The van der Waals surface area contributed by atoms with Crippen molar-refractivity contribution in [3.63, 3.8) is 0 Å². The van der Waals surface area contributed by atoms with Crippen LogP contribution in [0.3, 0.4) is 0 Å². The van der Waals surface area contributed by atoms with Gasteiger partial charge < -0.3 is 14.6 Å². The minimum Gasteiger partial charge on any atom is -0.379 e. The molecule has 9 nitrogen and oxygen atoms in total. The maximum Gasteiger partial charge on any atom is 0.261 e. The van der Waals surface area contributed by atoms with Crippen LogP contribution >= 0.6 is 0 Å². The molecule has 0 bridgehead atoms. The Kier molecular flexibility index (Phi) is 7.50. The number of amides is 1. The van der Waals surface area contributed by atoms with Crippen LogP contribution < -0.4 is 10.0 Å². The van der Waals surface area contributed by atoms with Crippen molar-refractivity contribution in [2.75, 3.05) is 44.1 Å². The van der Waals surface area contributed by atoms with E-state index in [0.717, 1.165) is 45.1 Å². The average molecular weight is 486 g/mol. The van der Waals surface area contributed by atoms with Crippen molar-refractivity contribution in [3.8, 4) is 0 Å². The highest BCUT2D eigenvalue weighted by Gasteiger charge is 2.21. The van der Waals surface area contributed by atoms with Gasteiger partial charge in [0.25, 0.3) is 15.9 Å². The number of fused-ring (bicyclic) bond motifs is 1. The highest BCUT2D eigenvalue weighted by atomic mass is 32.2. The number of hydrogen-bond acceptors (Lipinski definition) is 6. The fourth-order valence-electron chi connectivity index (χ4n) is 4.24. The molecule has 1 amide bonds. The number of carbonyl (C=O) groups excluding carboxylic acids is 1. The van der Waals surface area contributed by atoms with E-state index in [1.54, 1.807) is 30.3 Å². The molecule has 0 saturated carbocycles. The van der Waals surface area contributed by atoms with Crippen LogP contribution in [0.4, 0.5) is 5.69 Å². The van der Waals surface area contributed by atoms with Gasteiger partial charge in [-0.3, -0.25) is 14.4 Å². The largest absolute Gasteiger partial charge is 0.379 e. The summed E-state index contributed by atoms with van der Waals surface area (Å²) >= 11 is 0. The van der Waals surface area contributed by atoms with Crippen molar-refractivity contribution in [3.05, 3.63) is 53.9 Å². The SMILES string of the molecule is CCn1c(C)nc2cc(NS(=O)(=O)c3ccccc3)cc(C(=O)NCCCN3CCOCC3)c21. The fourth-order valence-corrected chi connectivity index (χ4v) is 5.30. The number of hydrogen-bond donors (Lipinski definition) is 2. The van der Waals surface area contributed by atoms with Crippen molar-refractivity contribution < 1.29 is 17.9 Å². The zero-order valence-electron chi connectivity index (χ0n) is 19.6. The molecule has 0 radical (unpaired) electrons. The van der Waals surface area contributed by atoms with Crippen molar-refractivity contribution in [1.29, 1.82) is 0 Å². The van der Waals surface area contributed by atoms with Crippen molar-refractivity contribution in [2.24, 2.45) is 0 Å². The first-order valence-corrected chi connectivity index (χ1v) is 13.0. The molecule has 1 aliphatic heterocycles. The maximum absolute atomic E-state index is 13.2. The predicted octanol–water partition coefficient (Wildman–Crippen LogP) is 2.62. The number of rotatable bonds is 9. The summed E-state index contributed by atoms with van der Waals surface area (Å²) in [5, 5.41) is 3.00. The van der Waals surface area contributed by atoms with Crippen LogP contribution in [0, 0.1) is 6.92 Å². The van der Waals surface area contributed by atoms with Gasteiger partial charge in [-0.2, -0.15) is 0 Å². The van der Waals surface area contributed by atoms with E-state index in [1.165, 1.54) is 12.1 Å². The summed E-state index contributed by atoms with van der Waals surface area (Å²) in [7, 11) is -3.80. The van der Waals surface area contributed by atoms with Crippen molar-refractivity contribution in [1.82, 2.24) is 19.8 Å². The van der Waals surface area contributed by atoms with E-state index in [-0.39, 0.29) is 10.8 Å². The Bertz CT molecular complexity index is 1250. The van der Waals surface area contributed by atoms with Crippen LogP contribution in [0.1, 0.15) is 29.5 Å². The molecule has 2 N–H and O–H groups in total. The first kappa shape index (κ1) is 24.2. The molecule has 4 rings (SSSR count). The molecular weight excluding hydrogens is 454 g/mol. The van der Waals surface area contributed by atoms with E-state index in [4.69, 9.17) is 4.74 Å². The van der Waals surface area contributed by atoms with E-state index >= 15 is 0 Å². The Morgan fingerprint density at radius 1 is 1.15 bits per heavy atom. The number of aromatic nitrogens is 2. The van der Waals surface area contributed by atoms with Crippen LogP contribution in [0.25, 0.3) is 11.0 Å². The lowest BCUT2D eigenvalue weighted by molar-refractivity contribution is 0.0374. The van der Waals surface area contributed by atoms with Crippen molar-refractivity contribution >= 4 is 32.7 Å². The molecule has 1 saturated heterocycles. The molecule has 2 heterocycles. The summed E-state index contributed by atoms with van der Waals surface area (Å²) in [6.45, 7) is 9.24. The topological polar surface area (TPSA) is 106 Å². The number of nitrogens with zero attached hydrogens (tertiary/aromatic N) is 3. The number of carbonyl (C=O) groups is 1. The Morgan fingerprint density at radius 3 is 2.59 bits per heavy atom. The average Bonchev–Trinajstić information content (AvgIpc) is 3.16. The summed E-state index contributed by atoms with van der Waals surface area (Å²) in [4.78, 5) is 20.3. The molecule has 1 aliphatic rings. The van der Waals surface area contributed by atoms with Crippen LogP contribution in [0.5, 0.6) is 0 Å². The molecule has 182 valence electrons. The number of sulfonamides is 1. The monoisotopic (exact) mass is 485 g/mol. The maximum atomic E-state index is 13.2. The molecule has 1 aromatic heterocycles. The number of ether oxygens (including phenoxy) is 1. The molecule has 10 heteroatoms. The van der Waals surface area contributed by atoms with Gasteiger partial charge in [-0.05, 0) is 51.1 Å². The second-order valence-corrected chi connectivity index (χ2v) is 9.96. The van der Waals surface area contributed by atoms with Crippen LogP contribution in [-0.2, 0) is 21.3 Å². The third-order valence-electron chi connectivity index (χ3n) is 5.94. The van der Waals surface area contributed by atoms with Gasteiger partial charge in [-0.25, -0.2) is 13.4 Å². The quantitative estimate of drug-likeness (QED) is 0.452. The van der Waals surface area contributed by atoms with Crippen LogP contribution in [-0.4, -0.2) is 68.2 Å². The number of anilines is 1. The zero-order valence-corrected chi connectivity index (χ0v) is 20.4. The standard InChI is InChI=1S/C24H31N5O4S/c1-3-29-18(2)26-22-17-19(27-34(31,32)20-8-5-4-6-9-20)16-21(23(22)29)24(30)25-10-7-11-28-12-14-33-15-13-28/h4-6,8-9,16-17,27H,3,7,10-15H2,1-2H3,(H,25,30). The molecule has 34 heavy (non-hydrogen) atoms. The summed E-state index contributed by atoms with van der Waals surface area (Å²) in [6, 6.07) is 11.4. The molecule has 3 aromatic rings. The second kappa shape index (κ2) is 10.5. The van der Waals surface area contributed by atoms with E-state index < -0.39 is 10.0 Å². The molecule has 2 aromatic carbocycles. The van der Waals surface area contributed by atoms with Gasteiger partial charge in [0.1, 0.15) is 5.82 Å². The Morgan fingerprint density at radius 2 is 1.88 bits per heavy atom. The lowest BCUT2D eigenvalue weighted by Crippen LogP contribution is -2.38. The predicted molar refractivity (Wildman–Crippen MR) is 132 cm³/mol. The number of nitrogens with one attached hydrogen (secondary N) is 2. The minimum atomic E-state index is -3.80. The Hall–Kier alpha value is -2.95. The summed E-state index contributed by atoms with van der Waals surface area (Å²) < 4.78 is 35.7. The third-order valence-corrected chi connectivity index (χ3v) is 7.34. The van der Waals surface area contributed by atoms with Gasteiger partial charge in [-0.1, -0.05) is 18.2 Å². The van der Waals surface area contributed by atoms with Crippen LogP contribution in [0.2, 0.25) is 0 Å². The normalized spacial score (nSPS) is 14.9. The summed E-state index contributed by atoms with van der Waals surface area (Å²) in [6.07, 6.45) is 0.821.